The Morgan fingerprint density at radius 2 is 1.71 bits per heavy atom. The van der Waals surface area contributed by atoms with E-state index < -0.39 is 10.9 Å². The maximum Gasteiger partial charge on any atom is 0.253 e. The monoisotopic (exact) mass is 612 g/mol. The summed E-state index contributed by atoms with van der Waals surface area (Å²) in [6.45, 7) is 6.82. The fourth-order valence-electron chi connectivity index (χ4n) is 6.51. The molecule has 9 nitrogen and oxygen atoms in total. The van der Waals surface area contributed by atoms with Crippen LogP contribution in [-0.2, 0) is 0 Å². The smallest absolute Gasteiger partial charge is 0.253 e. The number of piperidine rings is 1. The van der Waals surface area contributed by atoms with Crippen molar-refractivity contribution in [1.82, 2.24) is 14.8 Å². The van der Waals surface area contributed by atoms with E-state index in [9.17, 15) is 14.7 Å². The fraction of sp³-hybridized carbons (Fsp3) is 0.516. The molecule has 1 saturated carbocycles. The highest BCUT2D eigenvalue weighted by Gasteiger charge is 2.35. The first-order valence-corrected chi connectivity index (χ1v) is 15.7. The van der Waals surface area contributed by atoms with Crippen molar-refractivity contribution in [3.8, 4) is 0 Å². The Kier molecular flexibility index (Phi) is 8.75. The van der Waals surface area contributed by atoms with E-state index in [0.717, 1.165) is 76.2 Å². The number of likely N-dealkylation sites (tertiary alicyclic amines) is 1. The molecule has 2 saturated heterocycles. The molecule has 3 N–H and O–H groups in total. The average molecular weight is 614 g/mol. The zero-order valence-electron chi connectivity index (χ0n) is 23.9. The van der Waals surface area contributed by atoms with Gasteiger partial charge in [-0.15, -0.1) is 0 Å². The molecule has 3 aliphatic rings. The van der Waals surface area contributed by atoms with Crippen molar-refractivity contribution in [1.29, 1.82) is 0 Å². The molecule has 1 aromatic heterocycles. The maximum absolute atomic E-state index is 12.2. The van der Waals surface area contributed by atoms with Crippen molar-refractivity contribution < 1.29 is 5.11 Å². The molecule has 2 aliphatic heterocycles. The SMILES string of the molecule is CC[C@H]1CN(c2ncc(Nc3c(NC4CC4)c(=O)c3=O)cc2Cl)CCN1C1CCN(C(CO)c2ccc(Cl)cc2)CC1. The van der Waals surface area contributed by atoms with E-state index in [1.165, 1.54) is 0 Å². The number of piperazine rings is 1. The van der Waals surface area contributed by atoms with E-state index in [1.807, 2.05) is 24.3 Å². The van der Waals surface area contributed by atoms with Crippen LogP contribution in [-0.4, -0.2) is 77.3 Å². The van der Waals surface area contributed by atoms with E-state index in [0.29, 0.717) is 39.2 Å². The zero-order valence-corrected chi connectivity index (χ0v) is 25.4. The normalized spacial score (nSPS) is 21.5. The number of pyridine rings is 1. The molecule has 2 aromatic carbocycles. The second-order valence-electron chi connectivity index (χ2n) is 11.7. The highest BCUT2D eigenvalue weighted by Crippen LogP contribution is 2.34. The van der Waals surface area contributed by atoms with Crippen molar-refractivity contribution in [2.45, 2.75) is 63.2 Å². The maximum atomic E-state index is 12.2. The number of hydrogen-bond acceptors (Lipinski definition) is 9. The highest BCUT2D eigenvalue weighted by molar-refractivity contribution is 6.33. The number of anilines is 4. The van der Waals surface area contributed by atoms with E-state index in [-0.39, 0.29) is 18.7 Å². The van der Waals surface area contributed by atoms with Gasteiger partial charge in [0.05, 0.1) is 29.6 Å². The Morgan fingerprint density at radius 1 is 1.00 bits per heavy atom. The van der Waals surface area contributed by atoms with E-state index >= 15 is 0 Å². The standard InChI is InChI=1S/C31H38Cl2N6O3/c1-2-23-17-38(31-25(33)15-22(16-34-31)36-28-27(29(41)30(28)42)35-21-7-8-21)13-14-39(23)24-9-11-37(12-10-24)26(18-40)19-3-5-20(32)6-4-19/h3-6,15-16,21,23-24,26,35-36,40H,2,7-14,17-18H2,1H3/t23-,26?/m0/s1. The Bertz CT molecular complexity index is 1460. The third-order valence-electron chi connectivity index (χ3n) is 9.06. The second-order valence-corrected chi connectivity index (χ2v) is 12.6. The van der Waals surface area contributed by atoms with Crippen LogP contribution in [0, 0.1) is 0 Å². The summed E-state index contributed by atoms with van der Waals surface area (Å²) in [6.07, 6.45) is 6.86. The quantitative estimate of drug-likeness (QED) is 0.288. The van der Waals surface area contributed by atoms with Gasteiger partial charge in [0.1, 0.15) is 17.2 Å². The lowest BCUT2D eigenvalue weighted by atomic mass is 9.96. The number of aliphatic hydroxyl groups excluding tert-OH is 1. The summed E-state index contributed by atoms with van der Waals surface area (Å²) in [5, 5.41) is 17.6. The van der Waals surface area contributed by atoms with Gasteiger partial charge in [0, 0.05) is 55.9 Å². The molecule has 0 radical (unpaired) electrons. The fourth-order valence-corrected chi connectivity index (χ4v) is 6.92. The molecular formula is C31H38Cl2N6O3. The van der Waals surface area contributed by atoms with Gasteiger partial charge in [0.25, 0.3) is 10.9 Å². The Hall–Kier alpha value is -2.69. The molecule has 2 atom stereocenters. The first-order chi connectivity index (χ1) is 20.4. The third-order valence-corrected chi connectivity index (χ3v) is 9.59. The average Bonchev–Trinajstić information content (AvgIpc) is 3.84. The Labute approximate surface area is 256 Å². The lowest BCUT2D eigenvalue weighted by Crippen LogP contribution is -2.58. The van der Waals surface area contributed by atoms with Crippen LogP contribution in [0.3, 0.4) is 0 Å². The summed E-state index contributed by atoms with van der Waals surface area (Å²) < 4.78 is 0. The van der Waals surface area contributed by atoms with Crippen LogP contribution in [0.25, 0.3) is 0 Å². The van der Waals surface area contributed by atoms with Gasteiger partial charge in [0.2, 0.25) is 0 Å². The van der Waals surface area contributed by atoms with Gasteiger partial charge in [-0.1, -0.05) is 42.3 Å². The van der Waals surface area contributed by atoms with Gasteiger partial charge in [-0.3, -0.25) is 19.4 Å². The van der Waals surface area contributed by atoms with E-state index in [2.05, 4.69) is 37.2 Å². The van der Waals surface area contributed by atoms with Crippen LogP contribution >= 0.6 is 23.2 Å². The predicted octanol–water partition coefficient (Wildman–Crippen LogP) is 4.40. The second kappa shape index (κ2) is 12.5. The molecule has 1 aliphatic carbocycles. The number of nitrogens with zero attached hydrogens (tertiary/aromatic N) is 4. The summed E-state index contributed by atoms with van der Waals surface area (Å²) in [4.78, 5) is 36.1. The molecular weight excluding hydrogens is 575 g/mol. The largest absolute Gasteiger partial charge is 0.394 e. The number of benzene rings is 1. The highest BCUT2D eigenvalue weighted by atomic mass is 35.5. The molecule has 3 fully saturated rings. The molecule has 0 spiro atoms. The molecule has 0 bridgehead atoms. The molecule has 1 unspecified atom stereocenters. The molecule has 11 heteroatoms. The summed E-state index contributed by atoms with van der Waals surface area (Å²) >= 11 is 12.8. The van der Waals surface area contributed by atoms with Gasteiger partial charge in [0.15, 0.2) is 0 Å². The number of aliphatic hydroxyl groups is 1. The number of aromatic nitrogens is 1. The molecule has 42 heavy (non-hydrogen) atoms. The predicted molar refractivity (Wildman–Crippen MR) is 169 cm³/mol. The number of rotatable bonds is 10. The number of hydrogen-bond donors (Lipinski definition) is 3. The van der Waals surface area contributed by atoms with Crippen LogP contribution in [0.15, 0.2) is 46.1 Å². The first kappa shape index (κ1) is 29.4. The van der Waals surface area contributed by atoms with Gasteiger partial charge in [-0.2, -0.15) is 0 Å². The van der Waals surface area contributed by atoms with Crippen molar-refractivity contribution >= 4 is 46.1 Å². The molecule has 224 valence electrons. The minimum atomic E-state index is -0.511. The summed E-state index contributed by atoms with van der Waals surface area (Å²) in [6, 6.07) is 10.7. The van der Waals surface area contributed by atoms with Crippen molar-refractivity contribution in [3.05, 3.63) is 72.6 Å². The minimum absolute atomic E-state index is 0.00652. The van der Waals surface area contributed by atoms with Crippen molar-refractivity contribution in [2.75, 3.05) is 54.9 Å². The van der Waals surface area contributed by atoms with Gasteiger partial charge < -0.3 is 20.6 Å². The van der Waals surface area contributed by atoms with Crippen LogP contribution < -0.4 is 26.4 Å². The van der Waals surface area contributed by atoms with Gasteiger partial charge >= 0.3 is 0 Å². The van der Waals surface area contributed by atoms with Crippen LogP contribution in [0.2, 0.25) is 10.0 Å². The Balaban J connectivity index is 1.06. The number of nitrogens with one attached hydrogen (secondary N) is 2. The van der Waals surface area contributed by atoms with Gasteiger partial charge in [-0.05, 0) is 55.9 Å². The van der Waals surface area contributed by atoms with Crippen molar-refractivity contribution in [2.24, 2.45) is 0 Å². The lowest BCUT2D eigenvalue weighted by molar-refractivity contribution is 0.0356. The lowest BCUT2D eigenvalue weighted by Gasteiger charge is -2.48. The molecule has 6 rings (SSSR count). The Morgan fingerprint density at radius 3 is 2.36 bits per heavy atom. The van der Waals surface area contributed by atoms with E-state index in [1.54, 1.807) is 12.3 Å². The molecule has 3 heterocycles. The molecule has 0 amide bonds. The third kappa shape index (κ3) is 6.03. The molecule has 3 aromatic rings. The van der Waals surface area contributed by atoms with E-state index in [4.69, 9.17) is 23.2 Å². The minimum Gasteiger partial charge on any atom is -0.394 e. The van der Waals surface area contributed by atoms with Crippen LogP contribution in [0.1, 0.15) is 50.6 Å². The number of halogens is 2. The topological polar surface area (TPSA) is 101 Å². The van der Waals surface area contributed by atoms with Gasteiger partial charge in [-0.25, -0.2) is 4.98 Å². The van der Waals surface area contributed by atoms with Crippen LogP contribution in [0.5, 0.6) is 0 Å². The summed E-state index contributed by atoms with van der Waals surface area (Å²) in [7, 11) is 0. The van der Waals surface area contributed by atoms with Crippen molar-refractivity contribution in [3.63, 3.8) is 0 Å². The summed E-state index contributed by atoms with van der Waals surface area (Å²) in [5.74, 6) is 0.741. The first-order valence-electron chi connectivity index (χ1n) is 15.0. The van der Waals surface area contributed by atoms with Crippen LogP contribution in [0.4, 0.5) is 22.9 Å². The zero-order chi connectivity index (χ0) is 29.4. The summed E-state index contributed by atoms with van der Waals surface area (Å²) in [5.41, 5.74) is 1.37.